The van der Waals surface area contributed by atoms with Crippen molar-refractivity contribution in [3.05, 3.63) is 0 Å². The quantitative estimate of drug-likeness (QED) is 0.637. The lowest BCUT2D eigenvalue weighted by Gasteiger charge is -2.18. The highest BCUT2D eigenvalue weighted by molar-refractivity contribution is 5.36. The fraction of sp³-hybridized carbons (Fsp3) is 0.917. The summed E-state index contributed by atoms with van der Waals surface area (Å²) in [5.41, 5.74) is 0. The van der Waals surface area contributed by atoms with E-state index in [1.165, 1.54) is 45.6 Å². The van der Waals surface area contributed by atoms with Crippen LogP contribution in [0, 0.1) is 5.92 Å². The van der Waals surface area contributed by atoms with Crippen LogP contribution in [0.3, 0.4) is 0 Å². The Morgan fingerprint density at radius 3 is 1.86 bits per heavy atom. The van der Waals surface area contributed by atoms with Crippen molar-refractivity contribution in [3.63, 3.8) is 0 Å². The van der Waals surface area contributed by atoms with Gasteiger partial charge in [0.1, 0.15) is 0 Å². The summed E-state index contributed by atoms with van der Waals surface area (Å²) in [6.07, 6.45) is 8.93. The molecule has 0 heterocycles. The van der Waals surface area contributed by atoms with Gasteiger partial charge >= 0.3 is 0 Å². The number of methoxy groups -OCH3 is 1. The van der Waals surface area contributed by atoms with E-state index in [0.29, 0.717) is 6.47 Å². The van der Waals surface area contributed by atoms with Crippen LogP contribution in [-0.4, -0.2) is 13.6 Å². The summed E-state index contributed by atoms with van der Waals surface area (Å²) in [4.78, 5) is 8.95. The Morgan fingerprint density at radius 2 is 1.64 bits per heavy atom. The number of carbonyl (C=O) groups is 1. The van der Waals surface area contributed by atoms with Gasteiger partial charge in [-0.1, -0.05) is 59.3 Å². The maximum atomic E-state index is 8.95. The largest absolute Gasteiger partial charge is 0.471 e. The van der Waals surface area contributed by atoms with Gasteiger partial charge in [-0.15, -0.1) is 0 Å². The zero-order valence-electron chi connectivity index (χ0n) is 10.2. The molecule has 2 heteroatoms. The van der Waals surface area contributed by atoms with E-state index in [1.54, 1.807) is 0 Å². The first-order chi connectivity index (χ1) is 6.85. The topological polar surface area (TPSA) is 26.3 Å². The van der Waals surface area contributed by atoms with Crippen LogP contribution < -0.4 is 0 Å². The Balaban J connectivity index is 0. The third kappa shape index (κ3) is 11.5. The standard InChI is InChI=1S/C8H16.C2H4O2.C2H6/c1-2-8-6-4-3-5-7-8;1-4-2-3;1-2/h8H,2-7H2,1H3;2H,1H3;1-2H3. The van der Waals surface area contributed by atoms with E-state index in [-0.39, 0.29) is 0 Å². The van der Waals surface area contributed by atoms with Crippen LogP contribution in [0.25, 0.3) is 0 Å². The molecule has 0 atom stereocenters. The maximum Gasteiger partial charge on any atom is 0.292 e. The van der Waals surface area contributed by atoms with Crippen LogP contribution in [0.5, 0.6) is 0 Å². The zero-order valence-corrected chi connectivity index (χ0v) is 10.2. The predicted octanol–water partition coefficient (Wildman–Crippen LogP) is 3.79. The van der Waals surface area contributed by atoms with Crippen molar-refractivity contribution < 1.29 is 9.53 Å². The average molecular weight is 202 g/mol. The number of carbonyl (C=O) groups excluding carboxylic acids is 1. The summed E-state index contributed by atoms with van der Waals surface area (Å²) in [7, 11) is 1.31. The molecule has 0 unspecified atom stereocenters. The van der Waals surface area contributed by atoms with Gasteiger partial charge in [0.2, 0.25) is 0 Å². The molecule has 0 radical (unpaired) electrons. The van der Waals surface area contributed by atoms with Gasteiger partial charge in [-0.05, 0) is 5.92 Å². The van der Waals surface area contributed by atoms with Gasteiger partial charge in [0.15, 0.2) is 0 Å². The molecule has 2 nitrogen and oxygen atoms in total. The normalized spacial score (nSPS) is 15.4. The molecule has 0 spiro atoms. The molecule has 1 aliphatic rings. The van der Waals surface area contributed by atoms with Crippen LogP contribution in [0.2, 0.25) is 0 Å². The van der Waals surface area contributed by atoms with E-state index in [1.807, 2.05) is 13.8 Å². The Morgan fingerprint density at radius 1 is 1.21 bits per heavy atom. The molecule has 0 N–H and O–H groups in total. The van der Waals surface area contributed by atoms with E-state index in [0.717, 1.165) is 5.92 Å². The van der Waals surface area contributed by atoms with Crippen molar-refractivity contribution >= 4 is 6.47 Å². The van der Waals surface area contributed by atoms with Crippen molar-refractivity contribution in [2.45, 2.75) is 59.3 Å². The second-order valence-electron chi connectivity index (χ2n) is 3.24. The van der Waals surface area contributed by atoms with Crippen molar-refractivity contribution in [1.82, 2.24) is 0 Å². The second kappa shape index (κ2) is 15.0. The summed E-state index contributed by atoms with van der Waals surface area (Å²) in [6, 6.07) is 0. The third-order valence-corrected chi connectivity index (χ3v) is 2.40. The fourth-order valence-corrected chi connectivity index (χ4v) is 1.60. The van der Waals surface area contributed by atoms with E-state index in [4.69, 9.17) is 4.79 Å². The monoisotopic (exact) mass is 202 g/mol. The minimum absolute atomic E-state index is 0.375. The summed E-state index contributed by atoms with van der Waals surface area (Å²) >= 11 is 0. The van der Waals surface area contributed by atoms with Gasteiger partial charge in [0.05, 0.1) is 7.11 Å². The van der Waals surface area contributed by atoms with Gasteiger partial charge in [-0.2, -0.15) is 0 Å². The molecule has 0 amide bonds. The van der Waals surface area contributed by atoms with Crippen LogP contribution in [0.1, 0.15) is 59.3 Å². The molecule has 14 heavy (non-hydrogen) atoms. The smallest absolute Gasteiger partial charge is 0.292 e. The number of hydrogen-bond donors (Lipinski definition) is 0. The first-order valence-corrected chi connectivity index (χ1v) is 5.81. The Hall–Kier alpha value is -0.530. The molecule has 0 bridgehead atoms. The highest BCUT2D eigenvalue weighted by atomic mass is 16.5. The molecule has 1 aliphatic carbocycles. The summed E-state index contributed by atoms with van der Waals surface area (Å²) in [6.45, 7) is 6.69. The van der Waals surface area contributed by atoms with Crippen LogP contribution in [0.4, 0.5) is 0 Å². The van der Waals surface area contributed by atoms with E-state index in [9.17, 15) is 0 Å². The Kier molecular flexibility index (Phi) is 17.0. The third-order valence-electron chi connectivity index (χ3n) is 2.40. The average Bonchev–Trinajstić information content (AvgIpc) is 2.33. The van der Waals surface area contributed by atoms with Gasteiger partial charge in [0, 0.05) is 0 Å². The lowest BCUT2D eigenvalue weighted by Crippen LogP contribution is -2.03. The molecular formula is C12H26O2. The highest BCUT2D eigenvalue weighted by Gasteiger charge is 2.09. The molecule has 0 aromatic heterocycles. The summed E-state index contributed by atoms with van der Waals surface area (Å²) in [5.74, 6) is 1.09. The lowest BCUT2D eigenvalue weighted by atomic mass is 9.88. The first-order valence-electron chi connectivity index (χ1n) is 5.81. The van der Waals surface area contributed by atoms with E-state index in [2.05, 4.69) is 11.7 Å². The highest BCUT2D eigenvalue weighted by Crippen LogP contribution is 2.25. The van der Waals surface area contributed by atoms with E-state index >= 15 is 0 Å². The predicted molar refractivity (Wildman–Crippen MR) is 61.3 cm³/mol. The number of rotatable bonds is 2. The molecule has 1 rings (SSSR count). The van der Waals surface area contributed by atoms with Gasteiger partial charge < -0.3 is 4.74 Å². The number of ether oxygens (including phenoxy) is 1. The molecule has 0 aliphatic heterocycles. The van der Waals surface area contributed by atoms with Gasteiger partial charge in [-0.25, -0.2) is 0 Å². The SMILES string of the molecule is CC.CCC1CCCCC1.COC=O. The zero-order chi connectivity index (χ0) is 11.2. The van der Waals surface area contributed by atoms with Crippen LogP contribution in [0.15, 0.2) is 0 Å². The van der Waals surface area contributed by atoms with Crippen molar-refractivity contribution in [2.24, 2.45) is 5.92 Å². The molecule has 1 saturated carbocycles. The van der Waals surface area contributed by atoms with Crippen molar-refractivity contribution in [1.29, 1.82) is 0 Å². The first kappa shape index (κ1) is 15.9. The minimum Gasteiger partial charge on any atom is -0.471 e. The van der Waals surface area contributed by atoms with Crippen LogP contribution in [-0.2, 0) is 9.53 Å². The number of hydrogen-bond acceptors (Lipinski definition) is 2. The van der Waals surface area contributed by atoms with Crippen molar-refractivity contribution in [3.8, 4) is 0 Å². The molecule has 86 valence electrons. The summed E-state index contributed by atoms with van der Waals surface area (Å²) in [5, 5.41) is 0. The fourth-order valence-electron chi connectivity index (χ4n) is 1.60. The molecule has 1 fully saturated rings. The Bertz CT molecular complexity index is 96.5. The van der Waals surface area contributed by atoms with Crippen LogP contribution >= 0.6 is 0 Å². The Labute approximate surface area is 89.0 Å². The molecule has 0 aromatic carbocycles. The minimum atomic E-state index is 0.375. The molecule has 0 saturated heterocycles. The van der Waals surface area contributed by atoms with Gasteiger partial charge in [-0.3, -0.25) is 4.79 Å². The second-order valence-corrected chi connectivity index (χ2v) is 3.24. The lowest BCUT2D eigenvalue weighted by molar-refractivity contribution is -0.126. The molecular weight excluding hydrogens is 176 g/mol. The maximum absolute atomic E-state index is 8.95. The van der Waals surface area contributed by atoms with E-state index < -0.39 is 0 Å². The van der Waals surface area contributed by atoms with Crippen molar-refractivity contribution in [2.75, 3.05) is 7.11 Å². The van der Waals surface area contributed by atoms with Gasteiger partial charge in [0.25, 0.3) is 6.47 Å². The summed E-state index contributed by atoms with van der Waals surface area (Å²) < 4.78 is 3.86. The molecule has 0 aromatic rings.